The molecule has 0 radical (unpaired) electrons. The Bertz CT molecular complexity index is 1850. The zero-order chi connectivity index (χ0) is 33.1. The van der Waals surface area contributed by atoms with E-state index in [9.17, 15) is 14.4 Å². The van der Waals surface area contributed by atoms with Gasteiger partial charge >= 0.3 is 0 Å². The largest absolute Gasteiger partial charge is 0.493 e. The van der Waals surface area contributed by atoms with Crippen molar-refractivity contribution in [2.75, 3.05) is 56.1 Å². The number of ether oxygens (including phenoxy) is 3. The number of benzene rings is 3. The van der Waals surface area contributed by atoms with Gasteiger partial charge in [-0.3, -0.25) is 14.4 Å². The standard InChI is InChI=1S/C37H38N4O6/c1-5-16-40(28-10-7-6-8-11-28)37(44)25-14-15-31(39-21-24-17-27(23-39)30-12-9-13-34(42)41(30)22-24)29(18-25)38-36(43)26-19-32(45-2)35(47-4)33(20-26)46-3/h5-15,18-20,24,27H,1,16-17,21-23H2,2-4H3,(H,38,43). The van der Waals surface area contributed by atoms with Gasteiger partial charge in [0.2, 0.25) is 5.75 Å². The zero-order valence-electron chi connectivity index (χ0n) is 26.8. The van der Waals surface area contributed by atoms with E-state index in [0.717, 1.165) is 23.5 Å². The first-order valence-corrected chi connectivity index (χ1v) is 15.5. The van der Waals surface area contributed by atoms with Crippen molar-refractivity contribution in [3.05, 3.63) is 119 Å². The Balaban J connectivity index is 1.39. The molecule has 2 aliphatic rings. The van der Waals surface area contributed by atoms with Gasteiger partial charge in [-0.1, -0.05) is 30.3 Å². The number of nitrogens with zero attached hydrogens (tertiary/aromatic N) is 3. The van der Waals surface area contributed by atoms with E-state index in [1.54, 1.807) is 41.3 Å². The topological polar surface area (TPSA) is 102 Å². The second-order valence-corrected chi connectivity index (χ2v) is 11.7. The number of piperidine rings is 1. The summed E-state index contributed by atoms with van der Waals surface area (Å²) < 4.78 is 18.3. The van der Waals surface area contributed by atoms with Gasteiger partial charge in [0.25, 0.3) is 17.4 Å². The highest BCUT2D eigenvalue weighted by Crippen LogP contribution is 2.41. The lowest BCUT2D eigenvalue weighted by molar-refractivity contribution is 0.0987. The second-order valence-electron chi connectivity index (χ2n) is 11.7. The zero-order valence-corrected chi connectivity index (χ0v) is 26.8. The van der Waals surface area contributed by atoms with E-state index in [1.807, 2.05) is 53.1 Å². The van der Waals surface area contributed by atoms with Crippen molar-refractivity contribution < 1.29 is 23.8 Å². The summed E-state index contributed by atoms with van der Waals surface area (Å²) >= 11 is 0. The predicted octanol–water partition coefficient (Wildman–Crippen LogP) is 5.58. The molecule has 242 valence electrons. The van der Waals surface area contributed by atoms with Crippen LogP contribution in [0.2, 0.25) is 0 Å². The van der Waals surface area contributed by atoms with Gasteiger partial charge < -0.3 is 33.9 Å². The third-order valence-corrected chi connectivity index (χ3v) is 8.86. The van der Waals surface area contributed by atoms with Crippen molar-refractivity contribution in [3.8, 4) is 17.2 Å². The number of pyridine rings is 1. The summed E-state index contributed by atoms with van der Waals surface area (Å²) in [5.74, 6) is 0.843. The van der Waals surface area contributed by atoms with E-state index in [1.165, 1.54) is 21.3 Å². The van der Waals surface area contributed by atoms with Crippen LogP contribution in [-0.4, -0.2) is 57.3 Å². The van der Waals surface area contributed by atoms with Gasteiger partial charge in [-0.05, 0) is 60.9 Å². The van der Waals surface area contributed by atoms with Crippen molar-refractivity contribution in [2.24, 2.45) is 5.92 Å². The quantitative estimate of drug-likeness (QED) is 0.227. The van der Waals surface area contributed by atoms with Crippen LogP contribution in [0.15, 0.2) is 96.3 Å². The van der Waals surface area contributed by atoms with Crippen LogP contribution in [0.1, 0.15) is 38.7 Å². The minimum Gasteiger partial charge on any atom is -0.493 e. The maximum atomic E-state index is 14.0. The van der Waals surface area contributed by atoms with Crippen LogP contribution in [0, 0.1) is 5.92 Å². The predicted molar refractivity (Wildman–Crippen MR) is 183 cm³/mol. The fourth-order valence-electron chi connectivity index (χ4n) is 6.74. The number of fused-ring (bicyclic) bond motifs is 4. The normalized spacial score (nSPS) is 16.4. The first-order valence-electron chi connectivity index (χ1n) is 15.5. The number of aromatic nitrogens is 1. The fourth-order valence-corrected chi connectivity index (χ4v) is 6.74. The molecule has 1 saturated heterocycles. The summed E-state index contributed by atoms with van der Waals surface area (Å²) in [6, 6.07) is 23.5. The maximum Gasteiger partial charge on any atom is 0.258 e. The molecule has 6 rings (SSSR count). The van der Waals surface area contributed by atoms with E-state index < -0.39 is 5.91 Å². The molecule has 1 fully saturated rings. The lowest BCUT2D eigenvalue weighted by atomic mass is 9.83. The Labute approximate surface area is 273 Å². The van der Waals surface area contributed by atoms with Crippen LogP contribution in [0.4, 0.5) is 17.1 Å². The van der Waals surface area contributed by atoms with E-state index >= 15 is 0 Å². The Morgan fingerprint density at radius 1 is 0.894 bits per heavy atom. The SMILES string of the molecule is C=CCN(C(=O)c1ccc(N2CC3CC(C2)c2cccc(=O)n2C3)c(NC(=O)c2cc(OC)c(OC)c(OC)c2)c1)c1ccccc1. The Morgan fingerprint density at radius 3 is 2.32 bits per heavy atom. The van der Waals surface area contributed by atoms with Gasteiger partial charge in [0, 0.05) is 60.7 Å². The van der Waals surface area contributed by atoms with E-state index in [4.69, 9.17) is 14.2 Å². The average molecular weight is 635 g/mol. The van der Waals surface area contributed by atoms with Crippen LogP contribution in [0.25, 0.3) is 0 Å². The van der Waals surface area contributed by atoms with Gasteiger partial charge in [0.1, 0.15) is 0 Å². The average Bonchev–Trinajstić information content (AvgIpc) is 3.10. The van der Waals surface area contributed by atoms with Gasteiger partial charge in [0.05, 0.1) is 32.7 Å². The number of anilines is 3. The summed E-state index contributed by atoms with van der Waals surface area (Å²) in [6.45, 7) is 6.16. The number of rotatable bonds is 10. The Kier molecular flexibility index (Phi) is 9.01. The van der Waals surface area contributed by atoms with E-state index in [-0.39, 0.29) is 23.3 Å². The molecule has 1 N–H and O–H groups in total. The molecule has 0 aliphatic carbocycles. The van der Waals surface area contributed by atoms with Crippen LogP contribution in [-0.2, 0) is 6.54 Å². The monoisotopic (exact) mass is 634 g/mol. The van der Waals surface area contributed by atoms with Gasteiger partial charge in [-0.25, -0.2) is 0 Å². The third-order valence-electron chi connectivity index (χ3n) is 8.86. The van der Waals surface area contributed by atoms with E-state index in [2.05, 4.69) is 16.8 Å². The van der Waals surface area contributed by atoms with Gasteiger partial charge in [0.15, 0.2) is 11.5 Å². The molecule has 2 unspecified atom stereocenters. The molecule has 0 saturated carbocycles. The first-order chi connectivity index (χ1) is 22.8. The molecule has 3 aromatic carbocycles. The molecule has 4 aromatic rings. The van der Waals surface area contributed by atoms with Crippen molar-refractivity contribution in [1.29, 1.82) is 0 Å². The van der Waals surface area contributed by atoms with Crippen molar-refractivity contribution in [2.45, 2.75) is 18.9 Å². The minimum absolute atomic E-state index is 0.0225. The molecular formula is C37H38N4O6. The molecule has 1 aromatic heterocycles. The lowest BCUT2D eigenvalue weighted by Gasteiger charge is -2.44. The number of para-hydroxylation sites is 1. The third kappa shape index (κ3) is 6.18. The summed E-state index contributed by atoms with van der Waals surface area (Å²) in [5, 5.41) is 3.09. The number of methoxy groups -OCH3 is 3. The Hall–Kier alpha value is -5.51. The molecule has 2 bridgehead atoms. The van der Waals surface area contributed by atoms with Crippen LogP contribution in [0.3, 0.4) is 0 Å². The Morgan fingerprint density at radius 2 is 1.64 bits per heavy atom. The summed E-state index contributed by atoms with van der Waals surface area (Å²) in [7, 11) is 4.49. The fraction of sp³-hybridized carbons (Fsp3) is 0.270. The number of carbonyl (C=O) groups excluding carboxylic acids is 2. The van der Waals surface area contributed by atoms with Crippen LogP contribution < -0.4 is 34.9 Å². The summed E-state index contributed by atoms with van der Waals surface area (Å²) in [5.41, 5.74) is 3.77. The minimum atomic E-state index is -0.407. The summed E-state index contributed by atoms with van der Waals surface area (Å²) in [6.07, 6.45) is 2.67. The van der Waals surface area contributed by atoms with Gasteiger partial charge in [-0.2, -0.15) is 0 Å². The molecule has 2 aliphatic heterocycles. The molecule has 10 heteroatoms. The molecular weight excluding hydrogens is 596 g/mol. The number of carbonyl (C=O) groups is 2. The molecule has 3 heterocycles. The van der Waals surface area contributed by atoms with Gasteiger partial charge in [-0.15, -0.1) is 6.58 Å². The summed E-state index contributed by atoms with van der Waals surface area (Å²) in [4.78, 5) is 44.4. The maximum absolute atomic E-state index is 14.0. The highest BCUT2D eigenvalue weighted by Gasteiger charge is 2.35. The smallest absolute Gasteiger partial charge is 0.258 e. The molecule has 0 spiro atoms. The highest BCUT2D eigenvalue weighted by atomic mass is 16.5. The first kappa shape index (κ1) is 31.5. The molecule has 2 amide bonds. The van der Waals surface area contributed by atoms with E-state index in [0.29, 0.717) is 60.2 Å². The van der Waals surface area contributed by atoms with Crippen molar-refractivity contribution >= 4 is 28.9 Å². The van der Waals surface area contributed by atoms with Crippen molar-refractivity contribution in [1.82, 2.24) is 4.57 Å². The molecule has 10 nitrogen and oxygen atoms in total. The second kappa shape index (κ2) is 13.5. The molecule has 47 heavy (non-hydrogen) atoms. The van der Waals surface area contributed by atoms with Crippen LogP contribution >= 0.6 is 0 Å². The van der Waals surface area contributed by atoms with Crippen molar-refractivity contribution in [3.63, 3.8) is 0 Å². The molecule has 2 atom stereocenters. The highest BCUT2D eigenvalue weighted by molar-refractivity contribution is 6.10. The number of amides is 2. The number of hydrogen-bond acceptors (Lipinski definition) is 7. The lowest BCUT2D eigenvalue weighted by Crippen LogP contribution is -2.47. The van der Waals surface area contributed by atoms with Crippen LogP contribution in [0.5, 0.6) is 17.2 Å². The number of hydrogen-bond donors (Lipinski definition) is 1. The number of nitrogens with one attached hydrogen (secondary N) is 1.